The molecule has 0 bridgehead atoms. The summed E-state index contributed by atoms with van der Waals surface area (Å²) in [4.78, 5) is 40.2. The van der Waals surface area contributed by atoms with Crippen molar-refractivity contribution in [2.75, 3.05) is 32.8 Å². The minimum Gasteiger partial charge on any atom is -0.493 e. The first-order valence-electron chi connectivity index (χ1n) is 8.64. The number of nitrogens with zero attached hydrogens (tertiary/aromatic N) is 2. The summed E-state index contributed by atoms with van der Waals surface area (Å²) in [5.41, 5.74) is 0.517. The fraction of sp³-hybridized carbons (Fsp3) is 0.316. The zero-order chi connectivity index (χ0) is 19.4. The average molecular weight is 388 g/mol. The van der Waals surface area contributed by atoms with Crippen LogP contribution in [0, 0.1) is 0 Å². The molecule has 2 aromatic rings. The molecular formula is C19H20N2O5S. The van der Waals surface area contributed by atoms with Crippen molar-refractivity contribution < 1.29 is 24.2 Å². The Hall–Kier alpha value is -2.87. The number of para-hydroxylation sites is 1. The molecule has 1 aliphatic rings. The van der Waals surface area contributed by atoms with E-state index in [1.54, 1.807) is 28.0 Å². The molecule has 1 aromatic heterocycles. The topological polar surface area (TPSA) is 87.2 Å². The number of carboxylic acids is 1. The highest BCUT2D eigenvalue weighted by Crippen LogP contribution is 2.22. The number of amides is 2. The third-order valence-corrected chi connectivity index (χ3v) is 5.36. The van der Waals surface area contributed by atoms with E-state index >= 15 is 0 Å². The Labute approximate surface area is 160 Å². The smallest absolute Gasteiger partial charge is 0.345 e. The summed E-state index contributed by atoms with van der Waals surface area (Å²) in [5, 5.41) is 8.99. The Morgan fingerprint density at radius 3 is 2.15 bits per heavy atom. The maximum absolute atomic E-state index is 12.8. The molecule has 3 rings (SSSR count). The van der Waals surface area contributed by atoms with Gasteiger partial charge in [0.1, 0.15) is 10.6 Å². The van der Waals surface area contributed by atoms with Gasteiger partial charge in [-0.15, -0.1) is 11.3 Å². The van der Waals surface area contributed by atoms with Crippen molar-refractivity contribution >= 4 is 29.1 Å². The van der Waals surface area contributed by atoms with E-state index < -0.39 is 5.97 Å². The van der Waals surface area contributed by atoms with Gasteiger partial charge in [0.05, 0.1) is 17.0 Å². The molecule has 2 heterocycles. The van der Waals surface area contributed by atoms with Crippen LogP contribution in [0.15, 0.2) is 36.4 Å². The number of hydrogen-bond donors (Lipinski definition) is 1. The van der Waals surface area contributed by atoms with Crippen molar-refractivity contribution in [1.82, 2.24) is 9.80 Å². The molecule has 0 aliphatic carbocycles. The maximum Gasteiger partial charge on any atom is 0.345 e. The van der Waals surface area contributed by atoms with Crippen LogP contribution in [0.2, 0.25) is 0 Å². The summed E-state index contributed by atoms with van der Waals surface area (Å²) in [6, 6.07) is 10.1. The molecule has 1 saturated heterocycles. The standard InChI is InChI=1S/C19H20N2O5S/c1-2-26-14-6-4-3-5-13(14)17(22)20-9-11-21(12-10-20)18(23)15-7-8-16(27-15)19(24)25/h3-8H,2,9-12H2,1H3,(H,24,25). The Kier molecular flexibility index (Phi) is 5.75. The first kappa shape index (κ1) is 18.9. The lowest BCUT2D eigenvalue weighted by molar-refractivity contribution is 0.0536. The Bertz CT molecular complexity index is 855. The Balaban J connectivity index is 1.64. The van der Waals surface area contributed by atoms with Crippen LogP contribution < -0.4 is 4.74 Å². The highest BCUT2D eigenvalue weighted by molar-refractivity contribution is 7.15. The fourth-order valence-electron chi connectivity index (χ4n) is 2.93. The van der Waals surface area contributed by atoms with Gasteiger partial charge in [0.15, 0.2) is 0 Å². The number of thiophene rings is 1. The zero-order valence-electron chi connectivity index (χ0n) is 14.9. The van der Waals surface area contributed by atoms with E-state index in [2.05, 4.69) is 0 Å². The van der Waals surface area contributed by atoms with Gasteiger partial charge >= 0.3 is 5.97 Å². The summed E-state index contributed by atoms with van der Waals surface area (Å²) in [7, 11) is 0. The molecule has 0 unspecified atom stereocenters. The molecule has 1 aromatic carbocycles. The third-order valence-electron chi connectivity index (χ3n) is 4.30. The van der Waals surface area contributed by atoms with Gasteiger partial charge in [0.25, 0.3) is 11.8 Å². The van der Waals surface area contributed by atoms with E-state index in [0.717, 1.165) is 11.3 Å². The van der Waals surface area contributed by atoms with Crippen LogP contribution in [0.25, 0.3) is 0 Å². The third kappa shape index (κ3) is 4.11. The summed E-state index contributed by atoms with van der Waals surface area (Å²) in [6.45, 7) is 3.99. The monoisotopic (exact) mass is 388 g/mol. The Morgan fingerprint density at radius 1 is 0.963 bits per heavy atom. The predicted octanol–water partition coefficient (Wildman–Crippen LogP) is 2.44. The quantitative estimate of drug-likeness (QED) is 0.850. The fourth-order valence-corrected chi connectivity index (χ4v) is 3.74. The van der Waals surface area contributed by atoms with Crippen LogP contribution in [-0.2, 0) is 0 Å². The molecule has 2 amide bonds. The molecule has 0 spiro atoms. The largest absolute Gasteiger partial charge is 0.493 e. The molecule has 1 fully saturated rings. The van der Waals surface area contributed by atoms with Gasteiger partial charge < -0.3 is 19.6 Å². The zero-order valence-corrected chi connectivity index (χ0v) is 15.7. The number of aromatic carboxylic acids is 1. The molecule has 8 heteroatoms. The van der Waals surface area contributed by atoms with Crippen LogP contribution in [0.1, 0.15) is 36.6 Å². The second-order valence-electron chi connectivity index (χ2n) is 5.98. The molecule has 0 radical (unpaired) electrons. The molecule has 0 atom stereocenters. The number of carboxylic acid groups (broad SMARTS) is 1. The normalized spacial score (nSPS) is 14.1. The summed E-state index contributed by atoms with van der Waals surface area (Å²) in [5.74, 6) is -0.796. The molecule has 7 nitrogen and oxygen atoms in total. The lowest BCUT2D eigenvalue weighted by atomic mass is 10.1. The van der Waals surface area contributed by atoms with E-state index in [1.165, 1.54) is 12.1 Å². The maximum atomic E-state index is 12.8. The van der Waals surface area contributed by atoms with Crippen molar-refractivity contribution in [2.24, 2.45) is 0 Å². The first-order chi connectivity index (χ1) is 13.0. The van der Waals surface area contributed by atoms with Gasteiger partial charge in [0.2, 0.25) is 0 Å². The first-order valence-corrected chi connectivity index (χ1v) is 9.46. The van der Waals surface area contributed by atoms with E-state index in [1.807, 2.05) is 13.0 Å². The van der Waals surface area contributed by atoms with Crippen LogP contribution in [-0.4, -0.2) is 65.5 Å². The summed E-state index contributed by atoms with van der Waals surface area (Å²) in [6.07, 6.45) is 0. The lowest BCUT2D eigenvalue weighted by Crippen LogP contribution is -2.50. The molecule has 1 N–H and O–H groups in total. The highest BCUT2D eigenvalue weighted by Gasteiger charge is 2.27. The van der Waals surface area contributed by atoms with Gasteiger partial charge in [0, 0.05) is 26.2 Å². The minimum absolute atomic E-state index is 0.115. The lowest BCUT2D eigenvalue weighted by Gasteiger charge is -2.34. The van der Waals surface area contributed by atoms with Gasteiger partial charge in [-0.05, 0) is 31.2 Å². The Morgan fingerprint density at radius 2 is 1.56 bits per heavy atom. The van der Waals surface area contributed by atoms with E-state index in [9.17, 15) is 14.4 Å². The van der Waals surface area contributed by atoms with Crippen molar-refractivity contribution in [3.8, 4) is 5.75 Å². The number of piperazine rings is 1. The van der Waals surface area contributed by atoms with E-state index in [-0.39, 0.29) is 16.7 Å². The highest BCUT2D eigenvalue weighted by atomic mass is 32.1. The van der Waals surface area contributed by atoms with Gasteiger partial charge in [-0.2, -0.15) is 0 Å². The van der Waals surface area contributed by atoms with Crippen molar-refractivity contribution in [2.45, 2.75) is 6.92 Å². The van der Waals surface area contributed by atoms with Gasteiger partial charge in [-0.3, -0.25) is 9.59 Å². The van der Waals surface area contributed by atoms with Crippen molar-refractivity contribution in [3.63, 3.8) is 0 Å². The summed E-state index contributed by atoms with van der Waals surface area (Å²) < 4.78 is 5.53. The SMILES string of the molecule is CCOc1ccccc1C(=O)N1CCN(C(=O)c2ccc(C(=O)O)s2)CC1. The van der Waals surface area contributed by atoms with Gasteiger partial charge in [-0.1, -0.05) is 12.1 Å². The summed E-state index contributed by atoms with van der Waals surface area (Å²) >= 11 is 0.966. The number of carbonyl (C=O) groups excluding carboxylic acids is 2. The van der Waals surface area contributed by atoms with Crippen LogP contribution in [0.3, 0.4) is 0 Å². The van der Waals surface area contributed by atoms with Crippen molar-refractivity contribution in [3.05, 3.63) is 51.7 Å². The van der Waals surface area contributed by atoms with Crippen molar-refractivity contribution in [1.29, 1.82) is 0 Å². The van der Waals surface area contributed by atoms with E-state index in [4.69, 9.17) is 9.84 Å². The van der Waals surface area contributed by atoms with Crippen LogP contribution in [0.5, 0.6) is 5.75 Å². The molecular weight excluding hydrogens is 368 g/mol. The average Bonchev–Trinajstić information content (AvgIpc) is 3.18. The second-order valence-corrected chi connectivity index (χ2v) is 7.07. The predicted molar refractivity (Wildman–Crippen MR) is 101 cm³/mol. The van der Waals surface area contributed by atoms with Crippen LogP contribution >= 0.6 is 11.3 Å². The number of rotatable bonds is 5. The molecule has 0 saturated carbocycles. The number of carbonyl (C=O) groups is 3. The number of ether oxygens (including phenoxy) is 1. The van der Waals surface area contributed by atoms with Gasteiger partial charge in [-0.25, -0.2) is 4.79 Å². The number of hydrogen-bond acceptors (Lipinski definition) is 5. The van der Waals surface area contributed by atoms with Crippen LogP contribution in [0.4, 0.5) is 0 Å². The van der Waals surface area contributed by atoms with E-state index in [0.29, 0.717) is 49.0 Å². The molecule has 27 heavy (non-hydrogen) atoms. The molecule has 142 valence electrons. The minimum atomic E-state index is -1.04. The second kappa shape index (κ2) is 8.22. The molecule has 1 aliphatic heterocycles. The number of benzene rings is 1.